The van der Waals surface area contributed by atoms with Gasteiger partial charge in [-0.25, -0.2) is 0 Å². The molecule has 2 rings (SSSR count). The second kappa shape index (κ2) is 5.08. The first-order valence-corrected chi connectivity index (χ1v) is 5.94. The van der Waals surface area contributed by atoms with Crippen LogP contribution in [0.4, 0.5) is 13.2 Å². The van der Waals surface area contributed by atoms with E-state index in [0.717, 1.165) is 31.4 Å². The summed E-state index contributed by atoms with van der Waals surface area (Å²) in [4.78, 5) is 0. The van der Waals surface area contributed by atoms with E-state index < -0.39 is 12.6 Å². The highest BCUT2D eigenvalue weighted by atomic mass is 19.4. The minimum atomic E-state index is -4.13. The topological polar surface area (TPSA) is 12.0 Å². The molecule has 0 amide bonds. The standard InChI is InChI=1S/C13H16F3N/c14-13(15,16)9-10-5-1-2-6-11(10)12-7-3-4-8-17-12/h1-2,5-6,12,17H,3-4,7-9H2. The first-order chi connectivity index (χ1) is 8.06. The summed E-state index contributed by atoms with van der Waals surface area (Å²) in [7, 11) is 0. The molecule has 1 aliphatic rings. The highest BCUT2D eigenvalue weighted by Crippen LogP contribution is 2.30. The second-order valence-corrected chi connectivity index (χ2v) is 4.49. The molecule has 4 heteroatoms. The number of nitrogens with one attached hydrogen (secondary N) is 1. The summed E-state index contributed by atoms with van der Waals surface area (Å²) < 4.78 is 37.4. The van der Waals surface area contributed by atoms with Gasteiger partial charge in [-0.1, -0.05) is 30.7 Å². The van der Waals surface area contributed by atoms with Crippen LogP contribution in [0.5, 0.6) is 0 Å². The molecule has 0 bridgehead atoms. The molecule has 1 aromatic carbocycles. The van der Waals surface area contributed by atoms with Gasteiger partial charge in [-0.05, 0) is 30.5 Å². The Kier molecular flexibility index (Phi) is 3.72. The van der Waals surface area contributed by atoms with E-state index in [-0.39, 0.29) is 6.04 Å². The van der Waals surface area contributed by atoms with Gasteiger partial charge in [0.15, 0.2) is 0 Å². The summed E-state index contributed by atoms with van der Waals surface area (Å²) in [5, 5.41) is 3.29. The van der Waals surface area contributed by atoms with Crippen molar-refractivity contribution in [1.29, 1.82) is 0 Å². The quantitative estimate of drug-likeness (QED) is 0.836. The monoisotopic (exact) mass is 243 g/mol. The van der Waals surface area contributed by atoms with Gasteiger partial charge < -0.3 is 5.32 Å². The maximum atomic E-state index is 12.5. The van der Waals surface area contributed by atoms with E-state index in [4.69, 9.17) is 0 Å². The Bertz CT molecular complexity index is 367. The van der Waals surface area contributed by atoms with Crippen LogP contribution in [0.1, 0.15) is 36.4 Å². The number of rotatable bonds is 2. The molecule has 1 nitrogen and oxygen atoms in total. The minimum absolute atomic E-state index is 0.0855. The van der Waals surface area contributed by atoms with Crippen LogP contribution in [0.3, 0.4) is 0 Å². The Balaban J connectivity index is 2.20. The average molecular weight is 243 g/mol. The number of halogens is 3. The summed E-state index contributed by atoms with van der Waals surface area (Å²) in [6.07, 6.45) is -1.85. The second-order valence-electron chi connectivity index (χ2n) is 4.49. The minimum Gasteiger partial charge on any atom is -0.310 e. The molecule has 0 aromatic heterocycles. The molecule has 1 heterocycles. The molecule has 94 valence electrons. The van der Waals surface area contributed by atoms with Gasteiger partial charge in [0.1, 0.15) is 0 Å². The van der Waals surface area contributed by atoms with Crippen LogP contribution in [0.2, 0.25) is 0 Å². The fourth-order valence-electron chi connectivity index (χ4n) is 2.37. The van der Waals surface area contributed by atoms with Crippen molar-refractivity contribution >= 4 is 0 Å². The lowest BCUT2D eigenvalue weighted by molar-refractivity contribution is -0.127. The van der Waals surface area contributed by atoms with Crippen molar-refractivity contribution in [3.8, 4) is 0 Å². The fraction of sp³-hybridized carbons (Fsp3) is 0.538. The molecule has 1 aliphatic heterocycles. The van der Waals surface area contributed by atoms with Gasteiger partial charge in [0.05, 0.1) is 6.42 Å². The lowest BCUT2D eigenvalue weighted by atomic mass is 9.92. The average Bonchev–Trinajstić information content (AvgIpc) is 2.29. The van der Waals surface area contributed by atoms with Crippen molar-refractivity contribution in [1.82, 2.24) is 5.32 Å². The SMILES string of the molecule is FC(F)(F)Cc1ccccc1C1CCCCN1. The highest BCUT2D eigenvalue weighted by molar-refractivity contribution is 5.31. The molecule has 1 N–H and O–H groups in total. The lowest BCUT2D eigenvalue weighted by Crippen LogP contribution is -2.28. The molecule has 1 atom stereocenters. The summed E-state index contributed by atoms with van der Waals surface area (Å²) in [6.45, 7) is 0.894. The van der Waals surface area contributed by atoms with Crippen molar-refractivity contribution in [2.75, 3.05) is 6.54 Å². The third-order valence-corrected chi connectivity index (χ3v) is 3.13. The highest BCUT2D eigenvalue weighted by Gasteiger charge is 2.30. The zero-order valence-corrected chi connectivity index (χ0v) is 9.56. The van der Waals surface area contributed by atoms with Gasteiger partial charge >= 0.3 is 6.18 Å². The Morgan fingerprint density at radius 2 is 1.94 bits per heavy atom. The van der Waals surface area contributed by atoms with Crippen molar-refractivity contribution in [3.63, 3.8) is 0 Å². The van der Waals surface area contributed by atoms with Crippen molar-refractivity contribution in [2.24, 2.45) is 0 Å². The van der Waals surface area contributed by atoms with Crippen LogP contribution in [-0.2, 0) is 6.42 Å². The molecule has 1 unspecified atom stereocenters. The van der Waals surface area contributed by atoms with Crippen molar-refractivity contribution in [3.05, 3.63) is 35.4 Å². The van der Waals surface area contributed by atoms with E-state index >= 15 is 0 Å². The van der Waals surface area contributed by atoms with Gasteiger partial charge in [-0.2, -0.15) is 13.2 Å². The fourth-order valence-corrected chi connectivity index (χ4v) is 2.37. The first kappa shape index (κ1) is 12.4. The zero-order valence-electron chi connectivity index (χ0n) is 9.56. The smallest absolute Gasteiger partial charge is 0.310 e. The number of benzene rings is 1. The van der Waals surface area contributed by atoms with Crippen LogP contribution in [0, 0.1) is 0 Å². The summed E-state index contributed by atoms with van der Waals surface area (Å²) in [5.41, 5.74) is 1.21. The molecule has 0 spiro atoms. The van der Waals surface area contributed by atoms with E-state index in [1.807, 2.05) is 12.1 Å². The van der Waals surface area contributed by atoms with E-state index in [2.05, 4.69) is 5.32 Å². The molecular weight excluding hydrogens is 227 g/mol. The molecule has 1 aromatic rings. The van der Waals surface area contributed by atoms with Crippen LogP contribution >= 0.6 is 0 Å². The van der Waals surface area contributed by atoms with Gasteiger partial charge in [-0.3, -0.25) is 0 Å². The van der Waals surface area contributed by atoms with E-state index in [1.165, 1.54) is 0 Å². The number of alkyl halides is 3. The van der Waals surface area contributed by atoms with Crippen LogP contribution in [0.15, 0.2) is 24.3 Å². The van der Waals surface area contributed by atoms with Crippen LogP contribution in [0.25, 0.3) is 0 Å². The van der Waals surface area contributed by atoms with Crippen LogP contribution in [-0.4, -0.2) is 12.7 Å². The van der Waals surface area contributed by atoms with Crippen LogP contribution < -0.4 is 5.32 Å². The maximum Gasteiger partial charge on any atom is 0.393 e. The van der Waals surface area contributed by atoms with Crippen molar-refractivity contribution in [2.45, 2.75) is 37.9 Å². The first-order valence-electron chi connectivity index (χ1n) is 5.94. The third kappa shape index (κ3) is 3.46. The van der Waals surface area contributed by atoms with Gasteiger partial charge in [0.2, 0.25) is 0 Å². The Labute approximate surface area is 99.0 Å². The number of piperidine rings is 1. The Hall–Kier alpha value is -1.03. The van der Waals surface area contributed by atoms with Crippen molar-refractivity contribution < 1.29 is 13.2 Å². The number of hydrogen-bond donors (Lipinski definition) is 1. The van der Waals surface area contributed by atoms with Gasteiger partial charge in [0, 0.05) is 6.04 Å². The van der Waals surface area contributed by atoms with Gasteiger partial charge in [0.25, 0.3) is 0 Å². The Morgan fingerprint density at radius 1 is 1.18 bits per heavy atom. The van der Waals surface area contributed by atoms with Gasteiger partial charge in [-0.15, -0.1) is 0 Å². The van der Waals surface area contributed by atoms with E-state index in [1.54, 1.807) is 12.1 Å². The third-order valence-electron chi connectivity index (χ3n) is 3.13. The Morgan fingerprint density at radius 3 is 2.59 bits per heavy atom. The molecule has 0 aliphatic carbocycles. The predicted octanol–water partition coefficient (Wildman–Crippen LogP) is 3.61. The molecule has 0 saturated carbocycles. The summed E-state index contributed by atoms with van der Waals surface area (Å²) in [6, 6.07) is 6.96. The largest absolute Gasteiger partial charge is 0.393 e. The summed E-state index contributed by atoms with van der Waals surface area (Å²) in [5.74, 6) is 0. The summed E-state index contributed by atoms with van der Waals surface area (Å²) >= 11 is 0. The molecule has 0 radical (unpaired) electrons. The maximum absolute atomic E-state index is 12.5. The zero-order chi connectivity index (χ0) is 12.3. The molecular formula is C13H16F3N. The predicted molar refractivity (Wildman–Crippen MR) is 60.8 cm³/mol. The van der Waals surface area contributed by atoms with E-state index in [9.17, 15) is 13.2 Å². The molecule has 1 saturated heterocycles. The molecule has 1 fully saturated rings. The molecule has 17 heavy (non-hydrogen) atoms. The lowest BCUT2D eigenvalue weighted by Gasteiger charge is -2.26. The normalized spacial score (nSPS) is 21.5. The number of hydrogen-bond acceptors (Lipinski definition) is 1. The van der Waals surface area contributed by atoms with E-state index in [0.29, 0.717) is 5.56 Å².